The zero-order valence-electron chi connectivity index (χ0n) is 10.4. The van der Waals surface area contributed by atoms with E-state index in [1.54, 1.807) is 0 Å². The summed E-state index contributed by atoms with van der Waals surface area (Å²) >= 11 is 1.53. The van der Waals surface area contributed by atoms with Gasteiger partial charge in [-0.1, -0.05) is 0 Å². The van der Waals surface area contributed by atoms with Crippen LogP contribution in [0.3, 0.4) is 0 Å². The molecule has 2 aromatic heterocycles. The number of ether oxygens (including phenoxy) is 1. The van der Waals surface area contributed by atoms with Gasteiger partial charge in [-0.3, -0.25) is 10.1 Å². The topological polar surface area (TPSA) is 90.2 Å². The van der Waals surface area contributed by atoms with E-state index >= 15 is 0 Å². The minimum absolute atomic E-state index is 0.0900. The van der Waals surface area contributed by atoms with E-state index in [0.717, 1.165) is 10.7 Å². The molecule has 7 nitrogen and oxygen atoms in total. The molecule has 2 aromatic rings. The summed E-state index contributed by atoms with van der Waals surface area (Å²) < 4.78 is 4.96. The molecule has 2 heterocycles. The van der Waals surface area contributed by atoms with Gasteiger partial charge in [-0.15, -0.1) is 11.3 Å². The molecule has 0 unspecified atom stereocenters. The van der Waals surface area contributed by atoms with Crippen molar-refractivity contribution < 1.29 is 9.66 Å². The van der Waals surface area contributed by atoms with Gasteiger partial charge in [-0.05, 0) is 6.92 Å². The van der Waals surface area contributed by atoms with Gasteiger partial charge >= 0.3 is 5.69 Å². The lowest BCUT2D eigenvalue weighted by Crippen LogP contribution is -2.05. The van der Waals surface area contributed by atoms with Crippen LogP contribution in [0.2, 0.25) is 0 Å². The molecule has 0 atom stereocenters. The first kappa shape index (κ1) is 13.2. The van der Waals surface area contributed by atoms with Crippen molar-refractivity contribution in [1.29, 1.82) is 0 Å². The van der Waals surface area contributed by atoms with Gasteiger partial charge in [0.25, 0.3) is 0 Å². The van der Waals surface area contributed by atoms with E-state index in [1.165, 1.54) is 30.6 Å². The minimum atomic E-state index is -0.485. The number of nitro groups is 1. The Labute approximate surface area is 113 Å². The summed E-state index contributed by atoms with van der Waals surface area (Å²) in [5, 5.41) is 16.7. The molecular weight excluding hydrogens is 268 g/mol. The first-order valence-electron chi connectivity index (χ1n) is 5.44. The summed E-state index contributed by atoms with van der Waals surface area (Å²) in [7, 11) is 1.46. The molecule has 1 N–H and O–H groups in total. The number of pyridine rings is 1. The Hall–Kier alpha value is -2.22. The molecule has 0 spiro atoms. The number of nitrogens with one attached hydrogen (secondary N) is 1. The molecule has 0 saturated heterocycles. The van der Waals surface area contributed by atoms with Crippen LogP contribution >= 0.6 is 11.3 Å². The number of methoxy groups -OCH3 is 1. The highest BCUT2D eigenvalue weighted by atomic mass is 32.1. The van der Waals surface area contributed by atoms with Gasteiger partial charge in [0.1, 0.15) is 0 Å². The summed E-state index contributed by atoms with van der Waals surface area (Å²) in [5.74, 6) is 0.498. The zero-order valence-corrected chi connectivity index (χ0v) is 11.2. The Kier molecular flexibility index (Phi) is 3.91. The summed E-state index contributed by atoms with van der Waals surface area (Å²) in [4.78, 5) is 18.7. The molecule has 0 saturated carbocycles. The Morgan fingerprint density at radius 2 is 2.26 bits per heavy atom. The molecule has 0 radical (unpaired) electrons. The quantitative estimate of drug-likeness (QED) is 0.668. The number of hydrogen-bond donors (Lipinski definition) is 1. The van der Waals surface area contributed by atoms with Crippen LogP contribution in [0.25, 0.3) is 0 Å². The molecule has 19 heavy (non-hydrogen) atoms. The van der Waals surface area contributed by atoms with E-state index in [4.69, 9.17) is 4.74 Å². The van der Waals surface area contributed by atoms with Gasteiger partial charge in [0.05, 0.1) is 29.3 Å². The molecule has 8 heteroatoms. The minimum Gasteiger partial charge on any atom is -0.481 e. The number of aromatic nitrogens is 2. The summed E-state index contributed by atoms with van der Waals surface area (Å²) in [6.45, 7) is 2.28. The number of rotatable bonds is 5. The number of thiazole rings is 1. The molecule has 0 aliphatic heterocycles. The number of nitrogens with zero attached hydrogens (tertiary/aromatic N) is 3. The van der Waals surface area contributed by atoms with Crippen LogP contribution in [-0.4, -0.2) is 22.0 Å². The van der Waals surface area contributed by atoms with Gasteiger partial charge in [0.15, 0.2) is 0 Å². The van der Waals surface area contributed by atoms with Crippen LogP contribution < -0.4 is 10.1 Å². The fourth-order valence-electron chi connectivity index (χ4n) is 1.49. The van der Waals surface area contributed by atoms with E-state index in [0.29, 0.717) is 12.4 Å². The number of anilines is 1. The third-order valence-corrected chi connectivity index (χ3v) is 3.18. The summed E-state index contributed by atoms with van der Waals surface area (Å²) in [6.07, 6.45) is 0. The van der Waals surface area contributed by atoms with Gasteiger partial charge in [0, 0.05) is 17.5 Å². The fraction of sp³-hybridized carbons (Fsp3) is 0.273. The average molecular weight is 280 g/mol. The molecule has 2 rings (SSSR count). The number of hydrogen-bond acceptors (Lipinski definition) is 7. The van der Waals surface area contributed by atoms with Crippen LogP contribution in [0, 0.1) is 17.0 Å². The first-order valence-corrected chi connectivity index (χ1v) is 6.32. The Balaban J connectivity index is 2.19. The normalized spacial score (nSPS) is 10.2. The Morgan fingerprint density at radius 3 is 2.84 bits per heavy atom. The maximum atomic E-state index is 10.9. The summed E-state index contributed by atoms with van der Waals surface area (Å²) in [5.41, 5.74) is 0.731. The predicted molar refractivity (Wildman–Crippen MR) is 71.6 cm³/mol. The van der Waals surface area contributed by atoms with Crippen molar-refractivity contribution >= 4 is 22.8 Å². The summed E-state index contributed by atoms with van der Waals surface area (Å²) in [6, 6.07) is 2.82. The highest BCUT2D eigenvalue weighted by molar-refractivity contribution is 7.09. The first-order chi connectivity index (χ1) is 9.10. The van der Waals surface area contributed by atoms with Gasteiger partial charge in [0.2, 0.25) is 11.7 Å². The second kappa shape index (κ2) is 5.61. The lowest BCUT2D eigenvalue weighted by molar-refractivity contribution is -0.384. The third-order valence-electron chi connectivity index (χ3n) is 2.36. The monoisotopic (exact) mass is 280 g/mol. The standard InChI is InChI=1S/C11H12N4O3S/c1-7-13-8(6-19-7)5-12-11-9(15(16)17)3-4-10(14-11)18-2/h3-4,6H,5H2,1-2H3,(H,12,14). The molecule has 0 bridgehead atoms. The van der Waals surface area contributed by atoms with Crippen molar-refractivity contribution in [1.82, 2.24) is 9.97 Å². The van der Waals surface area contributed by atoms with Crippen molar-refractivity contribution in [2.24, 2.45) is 0 Å². The molecule has 0 amide bonds. The van der Waals surface area contributed by atoms with Gasteiger partial charge in [-0.25, -0.2) is 4.98 Å². The van der Waals surface area contributed by atoms with Crippen LogP contribution in [0.15, 0.2) is 17.5 Å². The van der Waals surface area contributed by atoms with Crippen LogP contribution in [0.5, 0.6) is 5.88 Å². The molecule has 0 aliphatic rings. The highest BCUT2D eigenvalue weighted by Gasteiger charge is 2.16. The maximum Gasteiger partial charge on any atom is 0.311 e. The van der Waals surface area contributed by atoms with E-state index in [1.807, 2.05) is 12.3 Å². The second-order valence-electron chi connectivity index (χ2n) is 3.69. The smallest absolute Gasteiger partial charge is 0.311 e. The Morgan fingerprint density at radius 1 is 1.47 bits per heavy atom. The maximum absolute atomic E-state index is 10.9. The van der Waals surface area contributed by atoms with Crippen molar-refractivity contribution in [2.45, 2.75) is 13.5 Å². The average Bonchev–Trinajstić information content (AvgIpc) is 2.81. The zero-order chi connectivity index (χ0) is 13.8. The van der Waals surface area contributed by atoms with Crippen molar-refractivity contribution in [2.75, 3.05) is 12.4 Å². The van der Waals surface area contributed by atoms with E-state index in [2.05, 4.69) is 15.3 Å². The fourth-order valence-corrected chi connectivity index (χ4v) is 2.10. The molecule has 0 aromatic carbocycles. The molecular formula is C11H12N4O3S. The number of aryl methyl sites for hydroxylation is 1. The van der Waals surface area contributed by atoms with Crippen molar-refractivity contribution in [3.8, 4) is 5.88 Å². The second-order valence-corrected chi connectivity index (χ2v) is 4.75. The molecule has 100 valence electrons. The van der Waals surface area contributed by atoms with E-state index in [9.17, 15) is 10.1 Å². The van der Waals surface area contributed by atoms with Crippen LogP contribution in [-0.2, 0) is 6.54 Å². The van der Waals surface area contributed by atoms with Crippen molar-refractivity contribution in [3.05, 3.63) is 38.3 Å². The lowest BCUT2D eigenvalue weighted by Gasteiger charge is -2.06. The molecule has 0 aliphatic carbocycles. The van der Waals surface area contributed by atoms with E-state index in [-0.39, 0.29) is 11.5 Å². The van der Waals surface area contributed by atoms with Crippen molar-refractivity contribution in [3.63, 3.8) is 0 Å². The van der Waals surface area contributed by atoms with Gasteiger partial charge in [-0.2, -0.15) is 4.98 Å². The predicted octanol–water partition coefficient (Wildman–Crippen LogP) is 2.38. The van der Waals surface area contributed by atoms with Gasteiger partial charge < -0.3 is 10.1 Å². The largest absolute Gasteiger partial charge is 0.481 e. The SMILES string of the molecule is COc1ccc([N+](=O)[O-])c(NCc2csc(C)n2)n1. The van der Waals surface area contributed by atoms with Crippen LogP contribution in [0.1, 0.15) is 10.7 Å². The van der Waals surface area contributed by atoms with Crippen LogP contribution in [0.4, 0.5) is 11.5 Å². The lowest BCUT2D eigenvalue weighted by atomic mass is 10.3. The highest BCUT2D eigenvalue weighted by Crippen LogP contribution is 2.25. The van der Waals surface area contributed by atoms with E-state index < -0.39 is 4.92 Å². The molecule has 0 fully saturated rings. The third kappa shape index (κ3) is 3.16. The Bertz CT molecular complexity index is 599.